The van der Waals surface area contributed by atoms with Gasteiger partial charge < -0.3 is 5.32 Å². The lowest BCUT2D eigenvalue weighted by molar-refractivity contribution is -0.384. The molecule has 1 aliphatic rings. The van der Waals surface area contributed by atoms with Gasteiger partial charge in [-0.1, -0.05) is 26.2 Å². The Morgan fingerprint density at radius 2 is 2.16 bits per heavy atom. The van der Waals surface area contributed by atoms with E-state index in [1.807, 2.05) is 0 Å². The number of rotatable bonds is 3. The molecule has 1 saturated carbocycles. The van der Waals surface area contributed by atoms with E-state index in [1.54, 1.807) is 0 Å². The lowest BCUT2D eigenvalue weighted by Crippen LogP contribution is -2.27. The van der Waals surface area contributed by atoms with Gasteiger partial charge in [-0.05, 0) is 30.4 Å². The third kappa shape index (κ3) is 3.53. The summed E-state index contributed by atoms with van der Waals surface area (Å²) in [6.07, 6.45) is 6.85. The van der Waals surface area contributed by atoms with E-state index in [0.717, 1.165) is 25.5 Å². The second kappa shape index (κ2) is 6.14. The Balaban J connectivity index is 2.21. The van der Waals surface area contributed by atoms with E-state index in [0.29, 0.717) is 5.92 Å². The van der Waals surface area contributed by atoms with E-state index in [-0.39, 0.29) is 22.8 Å². The Morgan fingerprint density at radius 1 is 1.42 bits per heavy atom. The molecule has 1 aromatic heterocycles. The van der Waals surface area contributed by atoms with Crippen molar-refractivity contribution in [3.8, 4) is 0 Å². The molecule has 0 bridgehead atoms. The van der Waals surface area contributed by atoms with Gasteiger partial charge in [-0.3, -0.25) is 10.1 Å². The number of halogens is 1. The SMILES string of the molecule is CC1CCCCCC1Nc1nc(Cl)ncc1[N+](=O)[O-]. The fraction of sp³-hybridized carbons (Fsp3) is 0.667. The fourth-order valence-electron chi connectivity index (χ4n) is 2.48. The number of hydrogen-bond acceptors (Lipinski definition) is 5. The van der Waals surface area contributed by atoms with E-state index < -0.39 is 4.92 Å². The van der Waals surface area contributed by atoms with Gasteiger partial charge in [-0.15, -0.1) is 0 Å². The first kappa shape index (κ1) is 14.0. The third-order valence-electron chi connectivity index (χ3n) is 3.62. The van der Waals surface area contributed by atoms with Crippen molar-refractivity contribution in [3.05, 3.63) is 21.6 Å². The number of nitrogens with one attached hydrogen (secondary N) is 1. The minimum absolute atomic E-state index is 0.0226. The summed E-state index contributed by atoms with van der Waals surface area (Å²) in [5, 5.41) is 14.2. The number of nitro groups is 1. The van der Waals surface area contributed by atoms with Crippen LogP contribution in [-0.2, 0) is 0 Å². The summed E-state index contributed by atoms with van der Waals surface area (Å²) in [6, 6.07) is 0.201. The lowest BCUT2D eigenvalue weighted by Gasteiger charge is -2.23. The zero-order valence-corrected chi connectivity index (χ0v) is 11.6. The summed E-state index contributed by atoms with van der Waals surface area (Å²) in [6.45, 7) is 2.16. The van der Waals surface area contributed by atoms with Crippen LogP contribution in [0.5, 0.6) is 0 Å². The Morgan fingerprint density at radius 3 is 2.89 bits per heavy atom. The molecule has 0 amide bonds. The van der Waals surface area contributed by atoms with Crippen molar-refractivity contribution in [2.75, 3.05) is 5.32 Å². The summed E-state index contributed by atoms with van der Waals surface area (Å²) in [5.41, 5.74) is -0.124. The van der Waals surface area contributed by atoms with Crippen LogP contribution >= 0.6 is 11.6 Å². The van der Waals surface area contributed by atoms with Crippen molar-refractivity contribution >= 4 is 23.1 Å². The molecule has 1 aromatic rings. The van der Waals surface area contributed by atoms with Crippen LogP contribution < -0.4 is 5.32 Å². The lowest BCUT2D eigenvalue weighted by atomic mass is 9.97. The van der Waals surface area contributed by atoms with Crippen molar-refractivity contribution < 1.29 is 4.92 Å². The highest BCUT2D eigenvalue weighted by Gasteiger charge is 2.24. The van der Waals surface area contributed by atoms with Gasteiger partial charge in [0.2, 0.25) is 11.1 Å². The Labute approximate surface area is 116 Å². The number of aromatic nitrogens is 2. The monoisotopic (exact) mass is 284 g/mol. The van der Waals surface area contributed by atoms with Gasteiger partial charge in [-0.2, -0.15) is 4.98 Å². The van der Waals surface area contributed by atoms with E-state index >= 15 is 0 Å². The van der Waals surface area contributed by atoms with Crippen LogP contribution in [0.15, 0.2) is 6.20 Å². The number of hydrogen-bond donors (Lipinski definition) is 1. The summed E-state index contributed by atoms with van der Waals surface area (Å²) < 4.78 is 0. The molecule has 2 unspecified atom stereocenters. The van der Waals surface area contributed by atoms with Crippen molar-refractivity contribution in [1.82, 2.24) is 9.97 Å². The molecule has 7 heteroatoms. The van der Waals surface area contributed by atoms with Gasteiger partial charge >= 0.3 is 5.69 Å². The Bertz CT molecular complexity index is 469. The zero-order chi connectivity index (χ0) is 13.8. The van der Waals surface area contributed by atoms with Crippen LogP contribution in [0.1, 0.15) is 39.0 Å². The first-order valence-corrected chi connectivity index (χ1v) is 6.89. The highest BCUT2D eigenvalue weighted by atomic mass is 35.5. The number of anilines is 1. The largest absolute Gasteiger partial charge is 0.361 e. The molecule has 0 spiro atoms. The molecule has 0 saturated heterocycles. The van der Waals surface area contributed by atoms with E-state index in [9.17, 15) is 10.1 Å². The van der Waals surface area contributed by atoms with E-state index in [4.69, 9.17) is 11.6 Å². The topological polar surface area (TPSA) is 81.0 Å². The molecule has 1 aliphatic carbocycles. The molecular formula is C12H17ClN4O2. The highest BCUT2D eigenvalue weighted by molar-refractivity contribution is 6.28. The number of nitrogens with zero attached hydrogens (tertiary/aromatic N) is 3. The van der Waals surface area contributed by atoms with Crippen LogP contribution in [0.25, 0.3) is 0 Å². The summed E-state index contributed by atoms with van der Waals surface area (Å²) in [5.74, 6) is 0.694. The maximum absolute atomic E-state index is 11.0. The smallest absolute Gasteiger partial charge is 0.329 e. The molecule has 1 N–H and O–H groups in total. The molecular weight excluding hydrogens is 268 g/mol. The molecule has 6 nitrogen and oxygen atoms in total. The Kier molecular flexibility index (Phi) is 4.52. The quantitative estimate of drug-likeness (QED) is 0.398. The van der Waals surface area contributed by atoms with Gasteiger partial charge in [-0.25, -0.2) is 4.98 Å². The van der Waals surface area contributed by atoms with Gasteiger partial charge in [0.05, 0.1) is 4.92 Å². The normalized spacial score (nSPS) is 23.7. The molecule has 2 rings (SSSR count). The second-order valence-corrected chi connectivity index (χ2v) is 5.33. The van der Waals surface area contributed by atoms with Crippen LogP contribution in [0.3, 0.4) is 0 Å². The average Bonchev–Trinajstić information content (AvgIpc) is 2.55. The van der Waals surface area contributed by atoms with Crippen LogP contribution in [0.2, 0.25) is 5.28 Å². The predicted molar refractivity (Wildman–Crippen MR) is 73.4 cm³/mol. The minimum Gasteiger partial charge on any atom is -0.361 e. The van der Waals surface area contributed by atoms with Crippen molar-refractivity contribution in [1.29, 1.82) is 0 Å². The zero-order valence-electron chi connectivity index (χ0n) is 10.8. The third-order valence-corrected chi connectivity index (χ3v) is 3.80. The summed E-state index contributed by atoms with van der Waals surface area (Å²) in [4.78, 5) is 18.1. The molecule has 1 fully saturated rings. The second-order valence-electron chi connectivity index (χ2n) is 5.00. The van der Waals surface area contributed by atoms with Gasteiger partial charge in [0.1, 0.15) is 6.20 Å². The maximum Gasteiger partial charge on any atom is 0.329 e. The van der Waals surface area contributed by atoms with Crippen LogP contribution in [0, 0.1) is 16.0 Å². The van der Waals surface area contributed by atoms with Crippen molar-refractivity contribution in [2.45, 2.75) is 45.1 Å². The molecule has 2 atom stereocenters. The highest BCUT2D eigenvalue weighted by Crippen LogP contribution is 2.29. The van der Waals surface area contributed by atoms with Crippen molar-refractivity contribution in [2.24, 2.45) is 5.92 Å². The molecule has 1 heterocycles. The minimum atomic E-state index is -0.486. The Hall–Kier alpha value is -1.43. The first-order chi connectivity index (χ1) is 9.08. The molecule has 0 aromatic carbocycles. The predicted octanol–water partition coefficient (Wildman–Crippen LogP) is 3.42. The molecule has 19 heavy (non-hydrogen) atoms. The first-order valence-electron chi connectivity index (χ1n) is 6.51. The van der Waals surface area contributed by atoms with Gasteiger partial charge in [0.15, 0.2) is 0 Å². The van der Waals surface area contributed by atoms with Crippen LogP contribution in [-0.4, -0.2) is 20.9 Å². The molecule has 0 aliphatic heterocycles. The van der Waals surface area contributed by atoms with E-state index in [1.165, 1.54) is 12.8 Å². The average molecular weight is 285 g/mol. The summed E-state index contributed by atoms with van der Waals surface area (Å²) in [7, 11) is 0. The van der Waals surface area contributed by atoms with Gasteiger partial charge in [0, 0.05) is 6.04 Å². The fourth-order valence-corrected chi connectivity index (χ4v) is 2.61. The maximum atomic E-state index is 11.0. The standard InChI is InChI=1S/C12H17ClN4O2/c1-8-5-3-2-4-6-9(8)15-11-10(17(18)19)7-14-12(13)16-11/h7-9H,2-6H2,1H3,(H,14,15,16). The van der Waals surface area contributed by atoms with Crippen molar-refractivity contribution in [3.63, 3.8) is 0 Å². The molecule has 0 radical (unpaired) electrons. The van der Waals surface area contributed by atoms with Gasteiger partial charge in [0.25, 0.3) is 0 Å². The van der Waals surface area contributed by atoms with E-state index in [2.05, 4.69) is 22.2 Å². The van der Waals surface area contributed by atoms with Crippen LogP contribution in [0.4, 0.5) is 11.5 Å². The molecule has 104 valence electrons. The summed E-state index contributed by atoms with van der Waals surface area (Å²) >= 11 is 5.72.